The smallest absolute Gasteiger partial charge is 0.333 e. The summed E-state index contributed by atoms with van der Waals surface area (Å²) in [5.74, 6) is 0.0186. The summed E-state index contributed by atoms with van der Waals surface area (Å²) in [6, 6.07) is -1.01. The molecule has 0 bridgehead atoms. The van der Waals surface area contributed by atoms with E-state index >= 15 is 0 Å². The van der Waals surface area contributed by atoms with Gasteiger partial charge in [-0.05, 0) is 18.8 Å². The summed E-state index contributed by atoms with van der Waals surface area (Å²) in [5, 5.41) is 11.1. The van der Waals surface area contributed by atoms with Crippen LogP contribution in [-0.2, 0) is 9.53 Å². The SMILES string of the molecule is O=C(O)C1CSC(C2CC2)N1C(=O)NN1CCOCC1. The minimum atomic E-state index is -0.919. The van der Waals surface area contributed by atoms with Crippen molar-refractivity contribution in [2.75, 3.05) is 32.1 Å². The highest BCUT2D eigenvalue weighted by molar-refractivity contribution is 8.00. The van der Waals surface area contributed by atoms with Gasteiger partial charge < -0.3 is 9.84 Å². The summed E-state index contributed by atoms with van der Waals surface area (Å²) < 4.78 is 5.23. The lowest BCUT2D eigenvalue weighted by Gasteiger charge is -2.32. The summed E-state index contributed by atoms with van der Waals surface area (Å²) in [5.41, 5.74) is 2.82. The maximum absolute atomic E-state index is 12.4. The molecule has 1 saturated carbocycles. The number of hydrogen-bond acceptors (Lipinski definition) is 5. The first kappa shape index (κ1) is 14.0. The molecule has 7 nitrogen and oxygen atoms in total. The van der Waals surface area contributed by atoms with Crippen LogP contribution in [0.5, 0.6) is 0 Å². The lowest BCUT2D eigenvalue weighted by Crippen LogP contribution is -2.57. The Bertz CT molecular complexity index is 398. The van der Waals surface area contributed by atoms with Gasteiger partial charge in [-0.3, -0.25) is 10.3 Å². The lowest BCUT2D eigenvalue weighted by molar-refractivity contribution is -0.141. The van der Waals surface area contributed by atoms with E-state index in [0.717, 1.165) is 12.8 Å². The Morgan fingerprint density at radius 2 is 1.95 bits per heavy atom. The van der Waals surface area contributed by atoms with Crippen LogP contribution in [0.4, 0.5) is 4.79 Å². The van der Waals surface area contributed by atoms with Crippen LogP contribution in [0, 0.1) is 5.92 Å². The Hall–Kier alpha value is -0.990. The normalized spacial score (nSPS) is 31.3. The van der Waals surface area contributed by atoms with E-state index in [1.54, 1.807) is 16.8 Å². The van der Waals surface area contributed by atoms with Crippen molar-refractivity contribution in [2.45, 2.75) is 24.3 Å². The summed E-state index contributed by atoms with van der Waals surface area (Å²) in [4.78, 5) is 25.3. The molecule has 2 saturated heterocycles. The second-order valence-corrected chi connectivity index (χ2v) is 6.49. The van der Waals surface area contributed by atoms with Crippen LogP contribution in [0.2, 0.25) is 0 Å². The maximum Gasteiger partial charge on any atom is 0.333 e. The number of rotatable bonds is 3. The predicted octanol–water partition coefficient (Wildman–Crippen LogP) is 0.181. The number of thioether (sulfide) groups is 1. The first-order valence-electron chi connectivity index (χ1n) is 6.93. The second kappa shape index (κ2) is 5.79. The fraction of sp³-hybridized carbons (Fsp3) is 0.833. The standard InChI is InChI=1S/C12H19N3O4S/c16-11(17)9-7-20-10(8-1-2-8)15(9)12(18)13-14-3-5-19-6-4-14/h8-10H,1-7H2,(H,13,18)(H,16,17). The number of ether oxygens (including phenoxy) is 1. The molecule has 2 aliphatic heterocycles. The average Bonchev–Trinajstić information content (AvgIpc) is 3.17. The molecule has 0 aromatic carbocycles. The third-order valence-electron chi connectivity index (χ3n) is 3.84. The molecule has 2 heterocycles. The number of carbonyl (C=O) groups excluding carboxylic acids is 1. The molecule has 3 aliphatic rings. The Morgan fingerprint density at radius 3 is 2.55 bits per heavy atom. The molecule has 3 rings (SSSR count). The van der Waals surface area contributed by atoms with Crippen molar-refractivity contribution in [1.29, 1.82) is 0 Å². The second-order valence-electron chi connectivity index (χ2n) is 5.34. The molecule has 2 N–H and O–H groups in total. The lowest BCUT2D eigenvalue weighted by atomic mass is 10.2. The molecule has 0 aromatic heterocycles. The van der Waals surface area contributed by atoms with Gasteiger partial charge >= 0.3 is 12.0 Å². The van der Waals surface area contributed by atoms with Gasteiger partial charge in [0.2, 0.25) is 0 Å². The summed E-state index contributed by atoms with van der Waals surface area (Å²) in [6.45, 7) is 2.45. The van der Waals surface area contributed by atoms with E-state index in [9.17, 15) is 14.7 Å². The van der Waals surface area contributed by atoms with E-state index in [2.05, 4.69) is 5.43 Å². The topological polar surface area (TPSA) is 82.1 Å². The number of hydrazine groups is 1. The molecule has 8 heteroatoms. The fourth-order valence-corrected chi connectivity index (χ4v) is 4.22. The zero-order valence-corrected chi connectivity index (χ0v) is 12.0. The molecule has 20 heavy (non-hydrogen) atoms. The van der Waals surface area contributed by atoms with Crippen molar-refractivity contribution >= 4 is 23.8 Å². The Kier molecular flexibility index (Phi) is 4.04. The van der Waals surface area contributed by atoms with Gasteiger partial charge in [0.15, 0.2) is 0 Å². The molecule has 112 valence electrons. The number of carboxylic acid groups (broad SMARTS) is 1. The molecule has 0 aromatic rings. The number of hydrogen-bond donors (Lipinski definition) is 2. The van der Waals surface area contributed by atoms with Crippen molar-refractivity contribution < 1.29 is 19.4 Å². The third kappa shape index (κ3) is 2.87. The van der Waals surface area contributed by atoms with E-state index in [0.29, 0.717) is 38.0 Å². The maximum atomic E-state index is 12.4. The minimum Gasteiger partial charge on any atom is -0.480 e. The van der Waals surface area contributed by atoms with Gasteiger partial charge in [-0.2, -0.15) is 0 Å². The van der Waals surface area contributed by atoms with Crippen molar-refractivity contribution in [3.63, 3.8) is 0 Å². The van der Waals surface area contributed by atoms with Crippen LogP contribution >= 0.6 is 11.8 Å². The van der Waals surface area contributed by atoms with Gasteiger partial charge in [0.1, 0.15) is 6.04 Å². The van der Waals surface area contributed by atoms with Crippen LogP contribution in [0.15, 0.2) is 0 Å². The third-order valence-corrected chi connectivity index (χ3v) is 5.31. The van der Waals surface area contributed by atoms with Gasteiger partial charge in [-0.15, -0.1) is 11.8 Å². The van der Waals surface area contributed by atoms with Crippen LogP contribution in [0.3, 0.4) is 0 Å². The van der Waals surface area contributed by atoms with E-state index in [-0.39, 0.29) is 11.4 Å². The van der Waals surface area contributed by atoms with Gasteiger partial charge in [-0.1, -0.05) is 0 Å². The number of nitrogens with zero attached hydrogens (tertiary/aromatic N) is 2. The Morgan fingerprint density at radius 1 is 1.25 bits per heavy atom. The van der Waals surface area contributed by atoms with Gasteiger partial charge in [0.25, 0.3) is 0 Å². The largest absolute Gasteiger partial charge is 0.480 e. The molecule has 3 fully saturated rings. The fourth-order valence-electron chi connectivity index (χ4n) is 2.59. The summed E-state index contributed by atoms with van der Waals surface area (Å²) >= 11 is 1.59. The number of carbonyl (C=O) groups is 2. The molecule has 2 amide bonds. The number of carboxylic acids is 1. The van der Waals surface area contributed by atoms with Crippen molar-refractivity contribution in [1.82, 2.24) is 15.3 Å². The number of morpholine rings is 1. The zero-order valence-electron chi connectivity index (χ0n) is 11.2. The minimum absolute atomic E-state index is 0.0112. The first-order valence-corrected chi connectivity index (χ1v) is 7.98. The van der Waals surface area contributed by atoms with Crippen LogP contribution < -0.4 is 5.43 Å². The van der Waals surface area contributed by atoms with Crippen molar-refractivity contribution in [2.24, 2.45) is 5.92 Å². The zero-order chi connectivity index (χ0) is 14.1. The molecule has 0 spiro atoms. The Labute approximate surface area is 121 Å². The van der Waals surface area contributed by atoms with E-state index in [1.165, 1.54) is 4.90 Å². The van der Waals surface area contributed by atoms with E-state index < -0.39 is 12.0 Å². The van der Waals surface area contributed by atoms with Crippen molar-refractivity contribution in [3.05, 3.63) is 0 Å². The monoisotopic (exact) mass is 301 g/mol. The number of nitrogens with one attached hydrogen (secondary N) is 1. The molecular formula is C12H19N3O4S. The van der Waals surface area contributed by atoms with Crippen LogP contribution in [0.1, 0.15) is 12.8 Å². The number of amides is 2. The molecule has 1 aliphatic carbocycles. The highest BCUT2D eigenvalue weighted by atomic mass is 32.2. The highest BCUT2D eigenvalue weighted by Gasteiger charge is 2.48. The predicted molar refractivity (Wildman–Crippen MR) is 73.2 cm³/mol. The van der Waals surface area contributed by atoms with E-state index in [4.69, 9.17) is 4.74 Å². The highest BCUT2D eigenvalue weighted by Crippen LogP contribution is 2.45. The molecular weight excluding hydrogens is 282 g/mol. The summed E-state index contributed by atoms with van der Waals surface area (Å²) in [6.07, 6.45) is 2.18. The number of aliphatic carboxylic acids is 1. The average molecular weight is 301 g/mol. The summed E-state index contributed by atoms with van der Waals surface area (Å²) in [7, 11) is 0. The van der Waals surface area contributed by atoms with Gasteiger partial charge in [-0.25, -0.2) is 14.6 Å². The van der Waals surface area contributed by atoms with Crippen molar-refractivity contribution in [3.8, 4) is 0 Å². The number of urea groups is 1. The molecule has 2 atom stereocenters. The van der Waals surface area contributed by atoms with Crippen LogP contribution in [0.25, 0.3) is 0 Å². The van der Waals surface area contributed by atoms with Gasteiger partial charge in [0.05, 0.1) is 18.6 Å². The molecule has 2 unspecified atom stereocenters. The molecule has 0 radical (unpaired) electrons. The van der Waals surface area contributed by atoms with E-state index in [1.807, 2.05) is 0 Å². The van der Waals surface area contributed by atoms with Crippen LogP contribution in [-0.4, -0.2) is 70.5 Å². The Balaban J connectivity index is 1.66. The quantitative estimate of drug-likeness (QED) is 0.774. The van der Waals surface area contributed by atoms with Gasteiger partial charge in [0, 0.05) is 18.8 Å². The first-order chi connectivity index (χ1) is 9.66.